The Balaban J connectivity index is 2.33. The van der Waals surface area contributed by atoms with Crippen LogP contribution in [0.2, 0.25) is 0 Å². The van der Waals surface area contributed by atoms with Crippen molar-refractivity contribution in [2.75, 3.05) is 5.32 Å². The van der Waals surface area contributed by atoms with Gasteiger partial charge in [0, 0.05) is 11.6 Å². The summed E-state index contributed by atoms with van der Waals surface area (Å²) >= 11 is 0. The topological polar surface area (TPSA) is 92.5 Å². The lowest BCUT2D eigenvalue weighted by atomic mass is 9.84. The molecule has 6 heteroatoms. The molecule has 0 aromatic heterocycles. The first kappa shape index (κ1) is 14.3. The molecule has 0 saturated heterocycles. The summed E-state index contributed by atoms with van der Waals surface area (Å²) in [6, 6.07) is 4.75. The molecule has 1 saturated carbocycles. The van der Waals surface area contributed by atoms with Gasteiger partial charge in [0.2, 0.25) is 0 Å². The van der Waals surface area contributed by atoms with Crippen LogP contribution in [-0.4, -0.2) is 22.0 Å². The molecule has 2 N–H and O–H groups in total. The SMILES string of the molecule is Cc1cccc(NC2CCCC2(C)C(=O)O)c1[N+](=O)[O-]. The second-order valence-corrected chi connectivity index (χ2v) is 5.54. The van der Waals surface area contributed by atoms with Crippen molar-refractivity contribution in [3.05, 3.63) is 33.9 Å². The first-order valence-corrected chi connectivity index (χ1v) is 6.60. The number of carboxylic acid groups (broad SMARTS) is 1. The normalized spacial score (nSPS) is 25.4. The third-order valence-electron chi connectivity index (χ3n) is 4.20. The van der Waals surface area contributed by atoms with Crippen LogP contribution in [0, 0.1) is 22.5 Å². The van der Waals surface area contributed by atoms with Crippen molar-refractivity contribution in [1.82, 2.24) is 0 Å². The number of carboxylic acids is 1. The van der Waals surface area contributed by atoms with Gasteiger partial charge >= 0.3 is 5.97 Å². The zero-order valence-corrected chi connectivity index (χ0v) is 11.5. The van der Waals surface area contributed by atoms with E-state index in [0.29, 0.717) is 24.1 Å². The Morgan fingerprint density at radius 2 is 2.25 bits per heavy atom. The Labute approximate surface area is 117 Å². The van der Waals surface area contributed by atoms with Gasteiger partial charge in [-0.25, -0.2) is 0 Å². The van der Waals surface area contributed by atoms with Crippen LogP contribution in [0.25, 0.3) is 0 Å². The van der Waals surface area contributed by atoms with Crippen LogP contribution >= 0.6 is 0 Å². The second-order valence-electron chi connectivity index (χ2n) is 5.54. The van der Waals surface area contributed by atoms with Gasteiger partial charge in [0.1, 0.15) is 5.69 Å². The molecule has 0 amide bonds. The molecule has 0 aliphatic heterocycles. The number of aliphatic carboxylic acids is 1. The fourth-order valence-electron chi connectivity index (χ4n) is 2.86. The van der Waals surface area contributed by atoms with Gasteiger partial charge in [-0.15, -0.1) is 0 Å². The van der Waals surface area contributed by atoms with Crippen molar-refractivity contribution < 1.29 is 14.8 Å². The summed E-state index contributed by atoms with van der Waals surface area (Å²) < 4.78 is 0. The van der Waals surface area contributed by atoms with Crippen molar-refractivity contribution in [3.63, 3.8) is 0 Å². The number of hydrogen-bond acceptors (Lipinski definition) is 4. The number of nitro groups is 1. The fourth-order valence-corrected chi connectivity index (χ4v) is 2.86. The maximum atomic E-state index is 11.4. The van der Waals surface area contributed by atoms with Crippen LogP contribution in [0.1, 0.15) is 31.7 Å². The molecule has 6 nitrogen and oxygen atoms in total. The van der Waals surface area contributed by atoms with E-state index < -0.39 is 16.3 Å². The predicted octanol–water partition coefficient (Wildman–Crippen LogP) is 2.96. The summed E-state index contributed by atoms with van der Waals surface area (Å²) in [5.41, 5.74) is 0.106. The maximum Gasteiger partial charge on any atom is 0.311 e. The van der Waals surface area contributed by atoms with E-state index in [1.54, 1.807) is 32.0 Å². The average Bonchev–Trinajstić information content (AvgIpc) is 2.72. The molecular weight excluding hydrogens is 260 g/mol. The van der Waals surface area contributed by atoms with Gasteiger partial charge in [0.25, 0.3) is 5.69 Å². The van der Waals surface area contributed by atoms with Crippen LogP contribution in [-0.2, 0) is 4.79 Å². The third kappa shape index (κ3) is 2.33. The molecule has 1 aliphatic carbocycles. The van der Waals surface area contributed by atoms with E-state index in [9.17, 15) is 20.0 Å². The average molecular weight is 278 g/mol. The molecular formula is C14H18N2O4. The summed E-state index contributed by atoms with van der Waals surface area (Å²) in [6.45, 7) is 3.37. The highest BCUT2D eigenvalue weighted by Crippen LogP contribution is 2.41. The quantitative estimate of drug-likeness (QED) is 0.652. The van der Waals surface area contributed by atoms with Crippen molar-refractivity contribution in [2.45, 2.75) is 39.2 Å². The first-order chi connectivity index (χ1) is 9.36. The summed E-state index contributed by atoms with van der Waals surface area (Å²) in [5.74, 6) is -0.859. The summed E-state index contributed by atoms with van der Waals surface area (Å²) in [5, 5.41) is 23.6. The van der Waals surface area contributed by atoms with E-state index in [4.69, 9.17) is 0 Å². The van der Waals surface area contributed by atoms with Crippen LogP contribution < -0.4 is 5.32 Å². The lowest BCUT2D eigenvalue weighted by molar-refractivity contribution is -0.384. The molecule has 108 valence electrons. The summed E-state index contributed by atoms with van der Waals surface area (Å²) in [4.78, 5) is 22.2. The minimum absolute atomic E-state index is 0.0205. The standard InChI is InChI=1S/C14H18N2O4/c1-9-5-3-6-10(12(9)16(19)20)15-11-7-4-8-14(11,2)13(17)18/h3,5-6,11,15H,4,7-8H2,1-2H3,(H,17,18). The molecule has 0 radical (unpaired) electrons. The number of nitrogens with zero attached hydrogens (tertiary/aromatic N) is 1. The van der Waals surface area contributed by atoms with Gasteiger partial charge in [-0.3, -0.25) is 14.9 Å². The first-order valence-electron chi connectivity index (χ1n) is 6.60. The monoisotopic (exact) mass is 278 g/mol. The van der Waals surface area contributed by atoms with Crippen LogP contribution in [0.3, 0.4) is 0 Å². The lowest BCUT2D eigenvalue weighted by Gasteiger charge is -2.28. The minimum Gasteiger partial charge on any atom is -0.481 e. The lowest BCUT2D eigenvalue weighted by Crippen LogP contribution is -2.40. The number of benzene rings is 1. The Hall–Kier alpha value is -2.11. The molecule has 1 aromatic rings. The van der Waals surface area contributed by atoms with Gasteiger partial charge in [-0.1, -0.05) is 18.6 Å². The van der Waals surface area contributed by atoms with Crippen molar-refractivity contribution in [2.24, 2.45) is 5.41 Å². The van der Waals surface area contributed by atoms with Crippen molar-refractivity contribution >= 4 is 17.3 Å². The molecule has 0 heterocycles. The van der Waals surface area contributed by atoms with E-state index in [1.165, 1.54) is 0 Å². The Kier molecular flexibility index (Phi) is 3.65. The van der Waals surface area contributed by atoms with Gasteiger partial charge in [0.15, 0.2) is 0 Å². The maximum absolute atomic E-state index is 11.4. The number of para-hydroxylation sites is 1. The molecule has 0 spiro atoms. The Morgan fingerprint density at radius 1 is 1.55 bits per heavy atom. The van der Waals surface area contributed by atoms with E-state index in [2.05, 4.69) is 5.32 Å². The van der Waals surface area contributed by atoms with Gasteiger partial charge < -0.3 is 10.4 Å². The van der Waals surface area contributed by atoms with E-state index in [-0.39, 0.29) is 11.7 Å². The number of nitro benzene ring substituents is 1. The highest BCUT2D eigenvalue weighted by molar-refractivity contribution is 5.77. The molecule has 1 fully saturated rings. The van der Waals surface area contributed by atoms with Crippen LogP contribution in [0.4, 0.5) is 11.4 Å². The zero-order chi connectivity index (χ0) is 14.9. The van der Waals surface area contributed by atoms with Gasteiger partial charge in [-0.05, 0) is 32.8 Å². The van der Waals surface area contributed by atoms with Crippen LogP contribution in [0.15, 0.2) is 18.2 Å². The van der Waals surface area contributed by atoms with Crippen LogP contribution in [0.5, 0.6) is 0 Å². The second kappa shape index (κ2) is 5.11. The zero-order valence-electron chi connectivity index (χ0n) is 11.5. The number of rotatable bonds is 4. The summed E-state index contributed by atoms with van der Waals surface area (Å²) in [7, 11) is 0. The number of carbonyl (C=O) groups is 1. The molecule has 1 aliphatic rings. The predicted molar refractivity (Wildman–Crippen MR) is 74.8 cm³/mol. The molecule has 2 atom stereocenters. The van der Waals surface area contributed by atoms with E-state index in [0.717, 1.165) is 6.42 Å². The fraction of sp³-hybridized carbons (Fsp3) is 0.500. The number of hydrogen-bond donors (Lipinski definition) is 2. The Morgan fingerprint density at radius 3 is 2.85 bits per heavy atom. The van der Waals surface area contributed by atoms with E-state index >= 15 is 0 Å². The number of aryl methyl sites for hydroxylation is 1. The smallest absolute Gasteiger partial charge is 0.311 e. The van der Waals surface area contributed by atoms with Gasteiger partial charge in [0.05, 0.1) is 10.3 Å². The highest BCUT2D eigenvalue weighted by Gasteiger charge is 2.45. The number of nitrogens with one attached hydrogen (secondary N) is 1. The molecule has 1 aromatic carbocycles. The minimum atomic E-state index is -0.877. The molecule has 2 unspecified atom stereocenters. The third-order valence-corrected chi connectivity index (χ3v) is 4.20. The van der Waals surface area contributed by atoms with E-state index in [1.807, 2.05) is 0 Å². The summed E-state index contributed by atoms with van der Waals surface area (Å²) in [6.07, 6.45) is 2.09. The highest BCUT2D eigenvalue weighted by atomic mass is 16.6. The molecule has 20 heavy (non-hydrogen) atoms. The molecule has 2 rings (SSSR count). The van der Waals surface area contributed by atoms with Crippen molar-refractivity contribution in [3.8, 4) is 0 Å². The number of anilines is 1. The van der Waals surface area contributed by atoms with Gasteiger partial charge in [-0.2, -0.15) is 0 Å². The van der Waals surface area contributed by atoms with Crippen molar-refractivity contribution in [1.29, 1.82) is 0 Å². The largest absolute Gasteiger partial charge is 0.481 e. The molecule has 0 bridgehead atoms. The Bertz CT molecular complexity index is 558.